The molecule has 1 heterocycles. The molecule has 88 valence electrons. The topological polar surface area (TPSA) is 68.0 Å². The lowest BCUT2D eigenvalue weighted by Gasteiger charge is -2.00. The molecular weight excluding hydrogens is 242 g/mol. The maximum Gasteiger partial charge on any atom is 0.322 e. The summed E-state index contributed by atoms with van der Waals surface area (Å²) >= 11 is 5.60. The molecule has 0 bridgehead atoms. The summed E-state index contributed by atoms with van der Waals surface area (Å²) in [6.07, 6.45) is 0. The van der Waals surface area contributed by atoms with E-state index in [0.29, 0.717) is 5.89 Å². The van der Waals surface area contributed by atoms with Gasteiger partial charge in [0.25, 0.3) is 0 Å². The molecule has 0 aliphatic rings. The van der Waals surface area contributed by atoms with Crippen LogP contribution in [-0.2, 0) is 4.79 Å². The Morgan fingerprint density at radius 1 is 1.35 bits per heavy atom. The lowest BCUT2D eigenvalue weighted by Crippen LogP contribution is -2.20. The summed E-state index contributed by atoms with van der Waals surface area (Å²) in [6.45, 7) is 1.56. The van der Waals surface area contributed by atoms with E-state index in [1.54, 1.807) is 6.92 Å². The van der Waals surface area contributed by atoms with E-state index in [2.05, 4.69) is 15.5 Å². The molecule has 0 spiro atoms. The summed E-state index contributed by atoms with van der Waals surface area (Å²) in [7, 11) is 0. The second kappa shape index (κ2) is 4.97. The molecule has 0 unspecified atom stereocenters. The molecule has 0 saturated heterocycles. The number of hydrogen-bond acceptors (Lipinski definition) is 4. The Morgan fingerprint density at radius 2 is 2.06 bits per heavy atom. The molecule has 0 aliphatic heterocycles. The van der Waals surface area contributed by atoms with Crippen LogP contribution in [0.25, 0.3) is 11.5 Å². The van der Waals surface area contributed by atoms with Gasteiger partial charge in [-0.2, -0.15) is 0 Å². The van der Waals surface area contributed by atoms with E-state index in [0.717, 1.165) is 5.56 Å². The predicted molar refractivity (Wildman–Crippen MR) is 63.7 cm³/mol. The Hall–Kier alpha value is -1.88. The molecule has 17 heavy (non-hydrogen) atoms. The molecule has 0 radical (unpaired) electrons. The fraction of sp³-hybridized carbons (Fsp3) is 0.182. The summed E-state index contributed by atoms with van der Waals surface area (Å²) in [6, 6.07) is 9.32. The van der Waals surface area contributed by atoms with Crippen LogP contribution in [0.3, 0.4) is 0 Å². The molecule has 2 aromatic rings. The second-order valence-corrected chi connectivity index (χ2v) is 4.04. The number of carbonyl (C=O) groups is 1. The van der Waals surface area contributed by atoms with E-state index in [-0.39, 0.29) is 11.9 Å². The summed E-state index contributed by atoms with van der Waals surface area (Å²) < 4.78 is 5.28. The molecule has 1 aromatic heterocycles. The molecule has 0 fully saturated rings. The van der Waals surface area contributed by atoms with E-state index in [1.165, 1.54) is 0 Å². The lowest BCUT2D eigenvalue weighted by atomic mass is 10.2. The molecule has 1 atom stereocenters. The number of amides is 1. The fourth-order valence-corrected chi connectivity index (χ4v) is 1.23. The summed E-state index contributed by atoms with van der Waals surface area (Å²) in [4.78, 5) is 11.3. The summed E-state index contributed by atoms with van der Waals surface area (Å²) in [5.74, 6) is -0.0296. The lowest BCUT2D eigenvalue weighted by molar-refractivity contribution is -0.115. The van der Waals surface area contributed by atoms with Crippen molar-refractivity contribution in [1.29, 1.82) is 0 Å². The molecular formula is C11H10ClN3O2. The second-order valence-electron chi connectivity index (χ2n) is 3.38. The van der Waals surface area contributed by atoms with Crippen molar-refractivity contribution in [3.8, 4) is 11.5 Å². The number of hydrogen-bond donors (Lipinski definition) is 1. The number of benzene rings is 1. The number of nitrogens with one attached hydrogen (secondary N) is 1. The maximum atomic E-state index is 11.3. The van der Waals surface area contributed by atoms with Crippen molar-refractivity contribution in [1.82, 2.24) is 10.2 Å². The number of halogens is 1. The summed E-state index contributed by atoms with van der Waals surface area (Å²) in [5, 5.41) is 9.30. The van der Waals surface area contributed by atoms with Crippen LogP contribution in [0, 0.1) is 0 Å². The van der Waals surface area contributed by atoms with Crippen molar-refractivity contribution in [3.63, 3.8) is 0 Å². The van der Waals surface area contributed by atoms with Gasteiger partial charge in [0.15, 0.2) is 0 Å². The molecule has 1 N–H and O–H groups in total. The molecule has 6 heteroatoms. The fourth-order valence-electron chi connectivity index (χ4n) is 1.18. The van der Waals surface area contributed by atoms with E-state index >= 15 is 0 Å². The van der Waals surface area contributed by atoms with Gasteiger partial charge in [0.2, 0.25) is 11.8 Å². The predicted octanol–water partition coefficient (Wildman–Crippen LogP) is 2.30. The van der Waals surface area contributed by atoms with Gasteiger partial charge in [0.05, 0.1) is 0 Å². The Kier molecular flexibility index (Phi) is 3.39. The van der Waals surface area contributed by atoms with Gasteiger partial charge in [-0.15, -0.1) is 16.7 Å². The zero-order valence-electron chi connectivity index (χ0n) is 9.05. The average Bonchev–Trinajstić information content (AvgIpc) is 2.78. The Balaban J connectivity index is 2.14. The zero-order valence-corrected chi connectivity index (χ0v) is 9.81. The van der Waals surface area contributed by atoms with Gasteiger partial charge in [-0.3, -0.25) is 10.1 Å². The highest BCUT2D eigenvalue weighted by Crippen LogP contribution is 2.19. The van der Waals surface area contributed by atoms with Crippen LogP contribution in [0.5, 0.6) is 0 Å². The van der Waals surface area contributed by atoms with Gasteiger partial charge in [-0.25, -0.2) is 0 Å². The number of anilines is 1. The Bertz CT molecular complexity index is 510. The number of alkyl halides is 1. The highest BCUT2D eigenvalue weighted by molar-refractivity contribution is 6.32. The van der Waals surface area contributed by atoms with Crippen molar-refractivity contribution in [2.75, 3.05) is 5.32 Å². The van der Waals surface area contributed by atoms with Crippen LogP contribution in [0.1, 0.15) is 6.92 Å². The first-order valence-electron chi connectivity index (χ1n) is 5.00. The highest BCUT2D eigenvalue weighted by atomic mass is 35.5. The van der Waals surface area contributed by atoms with Crippen LogP contribution in [0.15, 0.2) is 34.7 Å². The third kappa shape index (κ3) is 2.82. The van der Waals surface area contributed by atoms with Crippen molar-refractivity contribution < 1.29 is 9.21 Å². The van der Waals surface area contributed by atoms with Crippen molar-refractivity contribution in [3.05, 3.63) is 30.3 Å². The molecule has 1 amide bonds. The van der Waals surface area contributed by atoms with Crippen LogP contribution in [0.2, 0.25) is 0 Å². The van der Waals surface area contributed by atoms with Gasteiger partial charge >= 0.3 is 6.01 Å². The highest BCUT2D eigenvalue weighted by Gasteiger charge is 2.14. The number of nitrogens with zero attached hydrogens (tertiary/aromatic N) is 2. The largest absolute Gasteiger partial charge is 0.403 e. The molecule has 2 rings (SSSR count). The first-order valence-corrected chi connectivity index (χ1v) is 5.44. The van der Waals surface area contributed by atoms with E-state index in [1.807, 2.05) is 30.3 Å². The van der Waals surface area contributed by atoms with Gasteiger partial charge < -0.3 is 4.42 Å². The minimum atomic E-state index is -0.651. The minimum absolute atomic E-state index is 0.0429. The summed E-state index contributed by atoms with van der Waals surface area (Å²) in [5.41, 5.74) is 0.791. The zero-order chi connectivity index (χ0) is 12.3. The number of rotatable bonds is 3. The molecule has 0 saturated carbocycles. The average molecular weight is 252 g/mol. The third-order valence-corrected chi connectivity index (χ3v) is 2.24. The smallest absolute Gasteiger partial charge is 0.322 e. The van der Waals surface area contributed by atoms with Crippen LogP contribution >= 0.6 is 11.6 Å². The third-order valence-electron chi connectivity index (χ3n) is 2.04. The van der Waals surface area contributed by atoms with Gasteiger partial charge in [-0.1, -0.05) is 23.3 Å². The maximum absolute atomic E-state index is 11.3. The standard InChI is InChI=1S/C11H10ClN3O2/c1-7(12)9(16)13-11-15-14-10(17-11)8-5-3-2-4-6-8/h2-7H,1H3,(H,13,15,16)/t7-/m0/s1. The molecule has 0 aliphatic carbocycles. The van der Waals surface area contributed by atoms with Crippen molar-refractivity contribution in [2.24, 2.45) is 0 Å². The van der Waals surface area contributed by atoms with Crippen molar-refractivity contribution in [2.45, 2.75) is 12.3 Å². The van der Waals surface area contributed by atoms with Crippen LogP contribution in [-0.4, -0.2) is 21.5 Å². The number of aromatic nitrogens is 2. The van der Waals surface area contributed by atoms with E-state index in [4.69, 9.17) is 16.0 Å². The molecule has 1 aromatic carbocycles. The van der Waals surface area contributed by atoms with Crippen LogP contribution < -0.4 is 5.32 Å². The normalized spacial score (nSPS) is 12.1. The van der Waals surface area contributed by atoms with E-state index in [9.17, 15) is 4.79 Å². The first kappa shape index (κ1) is 11.6. The quantitative estimate of drug-likeness (QED) is 0.850. The van der Waals surface area contributed by atoms with Crippen LogP contribution in [0.4, 0.5) is 6.01 Å². The van der Waals surface area contributed by atoms with Gasteiger partial charge in [0.1, 0.15) is 5.38 Å². The van der Waals surface area contributed by atoms with Gasteiger partial charge in [0, 0.05) is 5.56 Å². The molecule has 5 nitrogen and oxygen atoms in total. The Morgan fingerprint density at radius 3 is 2.71 bits per heavy atom. The van der Waals surface area contributed by atoms with E-state index < -0.39 is 5.38 Å². The van der Waals surface area contributed by atoms with Gasteiger partial charge in [-0.05, 0) is 19.1 Å². The first-order chi connectivity index (χ1) is 8.16. The van der Waals surface area contributed by atoms with Crippen molar-refractivity contribution >= 4 is 23.5 Å². The minimum Gasteiger partial charge on any atom is -0.403 e. The Labute approximate surface area is 103 Å². The number of carbonyl (C=O) groups excluding carboxylic acids is 1. The monoisotopic (exact) mass is 251 g/mol. The SMILES string of the molecule is C[C@H](Cl)C(=O)Nc1nnc(-c2ccccc2)o1.